The summed E-state index contributed by atoms with van der Waals surface area (Å²) in [5.74, 6) is 0.438. The third-order valence-electron chi connectivity index (χ3n) is 3.35. The van der Waals surface area contributed by atoms with E-state index in [9.17, 15) is 9.59 Å². The maximum Gasteiger partial charge on any atom is 0.309 e. The molecule has 2 atom stereocenters. The summed E-state index contributed by atoms with van der Waals surface area (Å²) in [6.45, 7) is 0.308. The van der Waals surface area contributed by atoms with Crippen LogP contribution in [0.3, 0.4) is 0 Å². The number of anilines is 1. The molecule has 2 aromatic heterocycles. The number of hydroxylamine groups is 2. The fourth-order valence-electron chi connectivity index (χ4n) is 2.15. The van der Waals surface area contributed by atoms with Gasteiger partial charge in [0.2, 0.25) is 5.95 Å². The zero-order valence-electron chi connectivity index (χ0n) is 12.5. The van der Waals surface area contributed by atoms with Gasteiger partial charge in [-0.25, -0.2) is 10.0 Å². The highest BCUT2D eigenvalue weighted by molar-refractivity contribution is 8.00. The second-order valence-corrected chi connectivity index (χ2v) is 6.92. The van der Waals surface area contributed by atoms with Gasteiger partial charge in [0.05, 0.1) is 30.7 Å². The lowest BCUT2D eigenvalue weighted by Crippen LogP contribution is -2.35. The first-order valence-electron chi connectivity index (χ1n) is 6.70. The van der Waals surface area contributed by atoms with E-state index in [-0.39, 0.29) is 22.8 Å². The van der Waals surface area contributed by atoms with Crippen LogP contribution in [-0.4, -0.2) is 57.0 Å². The molecular weight excluding hydrogens is 342 g/mol. The molecule has 1 aliphatic rings. The zero-order valence-corrected chi connectivity index (χ0v) is 14.1. The van der Waals surface area contributed by atoms with Crippen molar-refractivity contribution in [2.75, 3.05) is 25.6 Å². The fraction of sp³-hybridized carbons (Fsp3) is 0.500. The summed E-state index contributed by atoms with van der Waals surface area (Å²) in [4.78, 5) is 36.8. The Kier molecular flexibility index (Phi) is 4.53. The number of hydrogen-bond donors (Lipinski definition) is 1. The quantitative estimate of drug-likeness (QED) is 0.756. The first-order valence-corrected chi connectivity index (χ1v) is 8.56. The average molecular weight is 357 g/mol. The maximum absolute atomic E-state index is 12.1. The Morgan fingerprint density at radius 3 is 3.17 bits per heavy atom. The molecule has 9 nitrogen and oxygen atoms in total. The number of nitrogen functional groups attached to an aromatic ring is 1. The van der Waals surface area contributed by atoms with Crippen molar-refractivity contribution in [3.63, 3.8) is 0 Å². The van der Waals surface area contributed by atoms with Gasteiger partial charge in [-0.1, -0.05) is 11.3 Å². The van der Waals surface area contributed by atoms with E-state index < -0.39 is 5.44 Å². The smallest absolute Gasteiger partial charge is 0.309 e. The average Bonchev–Trinajstić information content (AvgIpc) is 3.12. The van der Waals surface area contributed by atoms with Crippen LogP contribution in [0, 0.1) is 0 Å². The highest BCUT2D eigenvalue weighted by Gasteiger charge is 2.34. The van der Waals surface area contributed by atoms with E-state index in [2.05, 4.69) is 9.97 Å². The number of aromatic nitrogens is 3. The Bertz CT molecular complexity index is 791. The molecule has 2 N–H and O–H groups in total. The van der Waals surface area contributed by atoms with Gasteiger partial charge < -0.3 is 10.5 Å². The van der Waals surface area contributed by atoms with Gasteiger partial charge in [-0.05, 0) is 0 Å². The lowest BCUT2D eigenvalue weighted by molar-refractivity contribution is -0.176. The molecule has 23 heavy (non-hydrogen) atoms. The molecular formula is C12H15N5O4S2. The summed E-state index contributed by atoms with van der Waals surface area (Å²) in [6.07, 6.45) is 1.26. The van der Waals surface area contributed by atoms with Crippen LogP contribution in [0.25, 0.3) is 10.3 Å². The van der Waals surface area contributed by atoms with E-state index >= 15 is 0 Å². The molecule has 1 saturated heterocycles. The topological polar surface area (TPSA) is 113 Å². The summed E-state index contributed by atoms with van der Waals surface area (Å²) in [5, 5.41) is 1.13. The zero-order chi connectivity index (χ0) is 16.6. The van der Waals surface area contributed by atoms with Crippen molar-refractivity contribution in [2.24, 2.45) is 0 Å². The van der Waals surface area contributed by atoms with E-state index in [1.165, 1.54) is 36.7 Å². The van der Waals surface area contributed by atoms with Gasteiger partial charge in [0.15, 0.2) is 11.1 Å². The first-order chi connectivity index (χ1) is 11.0. The third kappa shape index (κ3) is 3.17. The number of likely N-dealkylation sites (N-methyl/N-ethyl adjacent to an activating group) is 1. The summed E-state index contributed by atoms with van der Waals surface area (Å²) in [6, 6.07) is 0. The molecule has 0 spiro atoms. The van der Waals surface area contributed by atoms with Crippen molar-refractivity contribution in [3.8, 4) is 0 Å². The van der Waals surface area contributed by atoms with Crippen molar-refractivity contribution in [1.82, 2.24) is 19.6 Å². The number of amides is 1. The molecule has 0 aromatic carbocycles. The minimum atomic E-state index is -0.634. The number of carbonyl (C=O) groups excluding carboxylic acids is 1. The number of nitrogens with zero attached hydrogens (tertiary/aromatic N) is 4. The molecule has 0 unspecified atom stereocenters. The number of fused-ring (bicyclic) bond motifs is 1. The maximum atomic E-state index is 12.1. The van der Waals surface area contributed by atoms with Crippen molar-refractivity contribution in [3.05, 3.63) is 15.9 Å². The Balaban J connectivity index is 1.76. The Morgan fingerprint density at radius 2 is 2.43 bits per heavy atom. The molecule has 1 amide bonds. The number of thioether (sulfide) groups is 1. The van der Waals surface area contributed by atoms with Crippen molar-refractivity contribution in [2.45, 2.75) is 18.1 Å². The summed E-state index contributed by atoms with van der Waals surface area (Å²) in [5.41, 5.74) is 5.44. The van der Waals surface area contributed by atoms with Gasteiger partial charge in [0, 0.05) is 12.8 Å². The Morgan fingerprint density at radius 1 is 1.65 bits per heavy atom. The normalized spacial score (nSPS) is 21.0. The number of nitrogens with two attached hydrogens (primary N) is 1. The van der Waals surface area contributed by atoms with E-state index in [4.69, 9.17) is 15.3 Å². The van der Waals surface area contributed by atoms with Gasteiger partial charge in [-0.3, -0.25) is 19.0 Å². The minimum Gasteiger partial charge on any atom is -0.368 e. The monoisotopic (exact) mass is 357 g/mol. The summed E-state index contributed by atoms with van der Waals surface area (Å²) < 4.78 is 7.89. The number of carbonyl (C=O) groups is 1. The van der Waals surface area contributed by atoms with Crippen molar-refractivity contribution in [1.29, 1.82) is 0 Å². The molecule has 3 rings (SSSR count). The van der Waals surface area contributed by atoms with Crippen LogP contribution in [0.2, 0.25) is 0 Å². The third-order valence-corrected chi connectivity index (χ3v) is 5.43. The Labute approximate surface area is 139 Å². The number of thiazole rings is 1. The van der Waals surface area contributed by atoms with Crippen molar-refractivity contribution < 1.29 is 14.4 Å². The molecule has 1 aliphatic heterocycles. The summed E-state index contributed by atoms with van der Waals surface area (Å²) in [7, 11) is 2.94. The van der Waals surface area contributed by atoms with E-state index in [0.29, 0.717) is 22.6 Å². The largest absolute Gasteiger partial charge is 0.368 e. The molecule has 124 valence electrons. The molecule has 0 aliphatic carbocycles. The number of ether oxygens (including phenoxy) is 1. The highest BCUT2D eigenvalue weighted by atomic mass is 32.2. The van der Waals surface area contributed by atoms with Gasteiger partial charge >= 0.3 is 4.87 Å². The molecule has 0 radical (unpaired) electrons. The molecule has 0 bridgehead atoms. The second kappa shape index (κ2) is 6.43. The van der Waals surface area contributed by atoms with E-state index in [1.54, 1.807) is 0 Å². The van der Waals surface area contributed by atoms with E-state index in [1.807, 2.05) is 0 Å². The van der Waals surface area contributed by atoms with Crippen LogP contribution < -0.4 is 10.6 Å². The SMILES string of the molecule is CON(C)C(=O)[C@H]1O[C@@H](Cn2c(=O)sc3cnc(N)nc32)CS1. The lowest BCUT2D eigenvalue weighted by atomic mass is 10.4. The van der Waals surface area contributed by atoms with Crippen LogP contribution >= 0.6 is 23.1 Å². The molecule has 11 heteroatoms. The van der Waals surface area contributed by atoms with Crippen LogP contribution in [-0.2, 0) is 20.9 Å². The molecule has 3 heterocycles. The van der Waals surface area contributed by atoms with E-state index in [0.717, 1.165) is 16.4 Å². The lowest BCUT2D eigenvalue weighted by Gasteiger charge is -2.18. The first kappa shape index (κ1) is 16.2. The van der Waals surface area contributed by atoms with Crippen LogP contribution in [0.1, 0.15) is 0 Å². The van der Waals surface area contributed by atoms with Crippen LogP contribution in [0.5, 0.6) is 0 Å². The van der Waals surface area contributed by atoms with Gasteiger partial charge in [-0.2, -0.15) is 4.98 Å². The second-order valence-electron chi connectivity index (χ2n) is 4.84. The van der Waals surface area contributed by atoms with Crippen molar-refractivity contribution >= 4 is 45.3 Å². The predicted octanol–water partition coefficient (Wildman–Crippen LogP) is -0.0869. The summed E-state index contributed by atoms with van der Waals surface area (Å²) >= 11 is 2.43. The molecule has 1 fully saturated rings. The number of rotatable bonds is 4. The number of hydrogen-bond acceptors (Lipinski definition) is 9. The molecule has 0 saturated carbocycles. The van der Waals surface area contributed by atoms with Gasteiger partial charge in [-0.15, -0.1) is 11.8 Å². The Hall–Kier alpha value is -1.69. The van der Waals surface area contributed by atoms with Crippen LogP contribution in [0.4, 0.5) is 5.95 Å². The molecule has 2 aromatic rings. The van der Waals surface area contributed by atoms with Gasteiger partial charge in [0.1, 0.15) is 0 Å². The fourth-order valence-corrected chi connectivity index (χ4v) is 4.06. The predicted molar refractivity (Wildman–Crippen MR) is 87.0 cm³/mol. The minimum absolute atomic E-state index is 0.112. The standard InChI is InChI=1S/C12H15N5O4S2/c1-16(20-2)9(18)10-21-6(5-22-10)4-17-8-7(23-12(17)19)3-14-11(13)15-8/h3,6,10H,4-5H2,1-2H3,(H2,13,14,15)/t6-,10-/m0/s1. The van der Waals surface area contributed by atoms with Gasteiger partial charge in [0.25, 0.3) is 5.91 Å². The van der Waals surface area contributed by atoms with Crippen LogP contribution in [0.15, 0.2) is 11.0 Å². The highest BCUT2D eigenvalue weighted by Crippen LogP contribution is 2.28.